The highest BCUT2D eigenvalue weighted by Gasteiger charge is 1.89. The Labute approximate surface area is 46.1 Å². The summed E-state index contributed by atoms with van der Waals surface area (Å²) in [5.41, 5.74) is 2.61. The van der Waals surface area contributed by atoms with Gasteiger partial charge in [-0.2, -0.15) is 9.18 Å². The van der Waals surface area contributed by atoms with E-state index in [1.165, 1.54) is 17.1 Å². The monoisotopic (exact) mass is 115 g/mol. The first kappa shape index (κ1) is 5.08. The minimum Gasteiger partial charge on any atom is -0.313 e. The van der Waals surface area contributed by atoms with Crippen LogP contribution in [0.2, 0.25) is 0 Å². The van der Waals surface area contributed by atoms with E-state index in [1.807, 2.05) is 0 Å². The molecule has 1 rings (SSSR count). The Kier molecular flexibility index (Phi) is 1.15. The summed E-state index contributed by atoms with van der Waals surface area (Å²) in [6.07, 6.45) is 1.50. The second kappa shape index (κ2) is 1.81. The van der Waals surface area contributed by atoms with Gasteiger partial charge in [0, 0.05) is 13.1 Å². The molecule has 1 N–H and O–H groups in total. The lowest BCUT2D eigenvalue weighted by molar-refractivity contribution is 0.556. The third-order valence-corrected chi connectivity index (χ3v) is 0.786. The molecule has 0 fully saturated rings. The third kappa shape index (κ3) is 0.776. The molecule has 44 valence electrons. The Morgan fingerprint density at radius 1 is 1.88 bits per heavy atom. The molecule has 0 aliphatic carbocycles. The van der Waals surface area contributed by atoms with Gasteiger partial charge in [0.25, 0.3) is 0 Å². The molecule has 1 heterocycles. The highest BCUT2D eigenvalue weighted by atomic mass is 19.1. The van der Waals surface area contributed by atoms with Crippen molar-refractivity contribution < 1.29 is 4.39 Å². The van der Waals surface area contributed by atoms with Gasteiger partial charge in [-0.15, -0.1) is 5.10 Å². The smallest absolute Gasteiger partial charge is 0.234 e. The normalized spacial score (nSPS) is 9.25. The molecule has 0 saturated carbocycles. The van der Waals surface area contributed by atoms with Crippen molar-refractivity contribution in [3.05, 3.63) is 18.2 Å². The average Bonchev–Trinajstić information content (AvgIpc) is 2.14. The van der Waals surface area contributed by atoms with Crippen LogP contribution in [0.25, 0.3) is 0 Å². The van der Waals surface area contributed by atoms with Crippen LogP contribution < -0.4 is 5.43 Å². The van der Waals surface area contributed by atoms with E-state index in [0.29, 0.717) is 0 Å². The fourth-order valence-electron chi connectivity index (χ4n) is 0.426. The summed E-state index contributed by atoms with van der Waals surface area (Å²) in [6.45, 7) is 0. The summed E-state index contributed by atoms with van der Waals surface area (Å²) in [7, 11) is 1.66. The van der Waals surface area contributed by atoms with Crippen LogP contribution in [0.1, 0.15) is 0 Å². The molecular formula is C4H6FN3. The maximum Gasteiger partial charge on any atom is 0.234 e. The first-order valence-corrected chi connectivity index (χ1v) is 2.22. The number of hydrogen-bond donors (Lipinski definition) is 1. The highest BCUT2D eigenvalue weighted by molar-refractivity contribution is 4.83. The zero-order valence-electron chi connectivity index (χ0n) is 4.43. The maximum absolute atomic E-state index is 11.9. The number of rotatable bonds is 1. The molecule has 0 aliphatic rings. The van der Waals surface area contributed by atoms with Gasteiger partial charge < -0.3 is 5.43 Å². The fraction of sp³-hybridized carbons (Fsp3) is 0.250. The number of nitrogens with zero attached hydrogens (tertiary/aromatic N) is 2. The van der Waals surface area contributed by atoms with Crippen LogP contribution in [0.5, 0.6) is 0 Å². The Hall–Kier alpha value is -1.06. The Morgan fingerprint density at radius 3 is 2.88 bits per heavy atom. The topological polar surface area (TPSA) is 29.9 Å². The van der Waals surface area contributed by atoms with Crippen molar-refractivity contribution in [2.24, 2.45) is 0 Å². The van der Waals surface area contributed by atoms with Crippen LogP contribution >= 0.6 is 0 Å². The zero-order valence-corrected chi connectivity index (χ0v) is 4.43. The molecule has 0 unspecified atom stereocenters. The van der Waals surface area contributed by atoms with E-state index in [-0.39, 0.29) is 0 Å². The summed E-state index contributed by atoms with van der Waals surface area (Å²) >= 11 is 0. The van der Waals surface area contributed by atoms with Crippen molar-refractivity contribution in [3.63, 3.8) is 0 Å². The fourth-order valence-corrected chi connectivity index (χ4v) is 0.426. The molecule has 1 aromatic heterocycles. The number of hydrogen-bond acceptors (Lipinski definition) is 2. The Bertz CT molecular complexity index is 172. The van der Waals surface area contributed by atoms with Crippen LogP contribution in [0.3, 0.4) is 0 Å². The summed E-state index contributed by atoms with van der Waals surface area (Å²) < 4.78 is 11.9. The Balaban J connectivity index is 2.84. The second-order valence-electron chi connectivity index (χ2n) is 1.31. The molecule has 0 aliphatic heterocycles. The molecule has 4 heteroatoms. The lowest BCUT2D eigenvalue weighted by Gasteiger charge is -1.92. The van der Waals surface area contributed by atoms with Gasteiger partial charge >= 0.3 is 0 Å². The quantitative estimate of drug-likeness (QED) is 0.566. The van der Waals surface area contributed by atoms with E-state index < -0.39 is 5.95 Å². The van der Waals surface area contributed by atoms with E-state index in [4.69, 9.17) is 0 Å². The molecule has 0 amide bonds. The van der Waals surface area contributed by atoms with Crippen LogP contribution in [0, 0.1) is 5.95 Å². The van der Waals surface area contributed by atoms with Crippen LogP contribution in [-0.2, 0) is 0 Å². The summed E-state index contributed by atoms with van der Waals surface area (Å²) in [5.74, 6) is -0.473. The molecule has 1 aromatic rings. The van der Waals surface area contributed by atoms with Crippen molar-refractivity contribution in [3.8, 4) is 0 Å². The molecule has 0 saturated heterocycles. The van der Waals surface area contributed by atoms with Crippen molar-refractivity contribution in [2.45, 2.75) is 0 Å². The highest BCUT2D eigenvalue weighted by Crippen LogP contribution is 1.87. The summed E-state index contributed by atoms with van der Waals surface area (Å²) in [4.78, 5) is 1.29. The zero-order chi connectivity index (χ0) is 5.98. The SMILES string of the molecule is CNn1ccc(F)n1. The van der Waals surface area contributed by atoms with E-state index in [2.05, 4.69) is 10.5 Å². The number of nitrogens with one attached hydrogen (secondary N) is 1. The summed E-state index contributed by atoms with van der Waals surface area (Å²) in [5, 5.41) is 3.37. The molecule has 0 bridgehead atoms. The molecule has 0 radical (unpaired) electrons. The van der Waals surface area contributed by atoms with Gasteiger partial charge in [-0.1, -0.05) is 0 Å². The van der Waals surface area contributed by atoms with Gasteiger partial charge in [0.2, 0.25) is 5.95 Å². The molecular weight excluding hydrogens is 109 g/mol. The van der Waals surface area contributed by atoms with E-state index in [1.54, 1.807) is 7.05 Å². The maximum atomic E-state index is 11.9. The van der Waals surface area contributed by atoms with Crippen molar-refractivity contribution in [2.75, 3.05) is 12.5 Å². The number of halogens is 1. The van der Waals surface area contributed by atoms with Crippen molar-refractivity contribution in [1.29, 1.82) is 0 Å². The second-order valence-corrected chi connectivity index (χ2v) is 1.31. The molecule has 8 heavy (non-hydrogen) atoms. The largest absolute Gasteiger partial charge is 0.313 e. The van der Waals surface area contributed by atoms with E-state index in [0.717, 1.165) is 0 Å². The standard InChI is InChI=1S/C4H6FN3/c1-6-8-3-2-4(5)7-8/h2-3,6H,1H3. The van der Waals surface area contributed by atoms with Gasteiger partial charge in [-0.3, -0.25) is 0 Å². The lowest BCUT2D eigenvalue weighted by Crippen LogP contribution is -2.08. The molecule has 0 atom stereocenters. The average molecular weight is 115 g/mol. The van der Waals surface area contributed by atoms with Gasteiger partial charge in [-0.25, -0.2) is 0 Å². The predicted octanol–water partition coefficient (Wildman–Crippen LogP) is 0.196. The molecule has 0 aromatic carbocycles. The predicted molar refractivity (Wildman–Crippen MR) is 27.5 cm³/mol. The first-order valence-electron chi connectivity index (χ1n) is 2.22. The number of aromatic nitrogens is 2. The van der Waals surface area contributed by atoms with Gasteiger partial charge in [-0.05, 0) is 0 Å². The van der Waals surface area contributed by atoms with Gasteiger partial charge in [0.05, 0.1) is 6.20 Å². The van der Waals surface area contributed by atoms with Crippen molar-refractivity contribution in [1.82, 2.24) is 9.89 Å². The van der Waals surface area contributed by atoms with Crippen LogP contribution in [-0.4, -0.2) is 16.9 Å². The summed E-state index contributed by atoms with van der Waals surface area (Å²) in [6, 6.07) is 1.27. The minimum absolute atomic E-state index is 0.473. The molecule has 3 nitrogen and oxygen atoms in total. The van der Waals surface area contributed by atoms with Crippen LogP contribution in [0.4, 0.5) is 4.39 Å². The lowest BCUT2D eigenvalue weighted by atomic mass is 10.7. The van der Waals surface area contributed by atoms with Gasteiger partial charge in [0.15, 0.2) is 0 Å². The van der Waals surface area contributed by atoms with Gasteiger partial charge in [0.1, 0.15) is 0 Å². The van der Waals surface area contributed by atoms with E-state index in [9.17, 15) is 4.39 Å². The van der Waals surface area contributed by atoms with E-state index >= 15 is 0 Å². The van der Waals surface area contributed by atoms with Crippen molar-refractivity contribution >= 4 is 0 Å². The minimum atomic E-state index is -0.473. The van der Waals surface area contributed by atoms with Crippen LogP contribution in [0.15, 0.2) is 12.3 Å². The third-order valence-electron chi connectivity index (χ3n) is 0.786. The molecule has 0 spiro atoms. The first-order chi connectivity index (χ1) is 3.83. The Morgan fingerprint density at radius 2 is 2.62 bits per heavy atom.